The summed E-state index contributed by atoms with van der Waals surface area (Å²) in [4.78, 5) is 49.7. The van der Waals surface area contributed by atoms with Crippen molar-refractivity contribution in [1.82, 2.24) is 10.2 Å². The van der Waals surface area contributed by atoms with Crippen LogP contribution in [0.15, 0.2) is 0 Å². The molecule has 0 radical (unpaired) electrons. The summed E-state index contributed by atoms with van der Waals surface area (Å²) < 4.78 is 5.51. The molecular formula is C31H59N3O6. The molecule has 0 aliphatic heterocycles. The molecule has 3 amide bonds. The first-order chi connectivity index (χ1) is 18.9. The van der Waals surface area contributed by atoms with E-state index in [2.05, 4.69) is 12.2 Å². The first-order valence-corrected chi connectivity index (χ1v) is 15.7. The van der Waals surface area contributed by atoms with Crippen LogP contribution in [0.25, 0.3) is 0 Å². The third-order valence-corrected chi connectivity index (χ3v) is 7.02. The molecule has 0 aromatic heterocycles. The Bertz CT molecular complexity index is 722. The number of unbranched alkanes of at least 4 members (excludes halogenated alkanes) is 15. The van der Waals surface area contributed by atoms with Gasteiger partial charge in [0.1, 0.15) is 17.7 Å². The van der Waals surface area contributed by atoms with Crippen LogP contribution in [0.1, 0.15) is 150 Å². The Labute approximate surface area is 243 Å². The lowest BCUT2D eigenvalue weighted by atomic mass is 10.0. The second-order valence-electron chi connectivity index (χ2n) is 12.1. The van der Waals surface area contributed by atoms with Crippen molar-refractivity contribution in [3.05, 3.63) is 0 Å². The second kappa shape index (κ2) is 22.4. The molecule has 9 nitrogen and oxygen atoms in total. The highest BCUT2D eigenvalue weighted by Gasteiger charge is 2.31. The SMILES string of the molecule is CCCCCCCCCCCCCCCCCCN(C(=O)OC(C)(C)C)[C@H](C)C(=O)N[C@@H](CCC(N)=O)C(=O)O. The van der Waals surface area contributed by atoms with Crippen molar-refractivity contribution in [1.29, 1.82) is 0 Å². The van der Waals surface area contributed by atoms with Gasteiger partial charge in [-0.3, -0.25) is 14.5 Å². The average molecular weight is 570 g/mol. The molecule has 0 unspecified atom stereocenters. The molecule has 0 rings (SSSR count). The van der Waals surface area contributed by atoms with Gasteiger partial charge in [0.2, 0.25) is 11.8 Å². The number of nitrogens with two attached hydrogens (primary N) is 1. The largest absolute Gasteiger partial charge is 0.480 e. The predicted molar refractivity (Wildman–Crippen MR) is 160 cm³/mol. The van der Waals surface area contributed by atoms with E-state index in [1.165, 1.54) is 81.9 Å². The monoisotopic (exact) mass is 569 g/mol. The zero-order valence-electron chi connectivity index (χ0n) is 26.1. The summed E-state index contributed by atoms with van der Waals surface area (Å²) in [7, 11) is 0. The maximum absolute atomic E-state index is 12.9. The zero-order valence-corrected chi connectivity index (χ0v) is 26.1. The second-order valence-corrected chi connectivity index (χ2v) is 12.1. The van der Waals surface area contributed by atoms with Gasteiger partial charge in [0.25, 0.3) is 0 Å². The maximum Gasteiger partial charge on any atom is 0.410 e. The Morgan fingerprint density at radius 3 is 1.60 bits per heavy atom. The van der Waals surface area contributed by atoms with Gasteiger partial charge in [0, 0.05) is 13.0 Å². The number of hydrogen-bond acceptors (Lipinski definition) is 5. The molecular weight excluding hydrogens is 510 g/mol. The molecule has 0 saturated heterocycles. The van der Waals surface area contributed by atoms with Crippen molar-refractivity contribution in [2.45, 2.75) is 168 Å². The molecule has 0 aliphatic rings. The number of aliphatic carboxylic acids is 1. The van der Waals surface area contributed by atoms with Crippen molar-refractivity contribution >= 4 is 23.9 Å². The first-order valence-electron chi connectivity index (χ1n) is 15.7. The van der Waals surface area contributed by atoms with E-state index in [9.17, 15) is 24.3 Å². The normalized spacial score (nSPS) is 12.9. The van der Waals surface area contributed by atoms with Crippen LogP contribution in [0.3, 0.4) is 0 Å². The molecule has 0 bridgehead atoms. The third kappa shape index (κ3) is 20.6. The van der Waals surface area contributed by atoms with Crippen LogP contribution >= 0.6 is 0 Å². The van der Waals surface area contributed by atoms with Crippen LogP contribution in [-0.4, -0.2) is 58.1 Å². The van der Waals surface area contributed by atoms with Crippen molar-refractivity contribution in [3.63, 3.8) is 0 Å². The number of amides is 3. The van der Waals surface area contributed by atoms with E-state index in [1.54, 1.807) is 27.7 Å². The van der Waals surface area contributed by atoms with Crippen molar-refractivity contribution in [2.75, 3.05) is 6.54 Å². The standard InChI is InChI=1S/C31H59N3O6/c1-6-7-8-9-10-11-12-13-14-15-16-17-18-19-20-21-24-34(30(39)40-31(3,4)5)25(2)28(36)33-26(29(37)38)22-23-27(32)35/h25-26H,6-24H2,1-5H3,(H2,32,35)(H,33,36)(H,37,38)/t25-,26+/m1/s1. The number of carbonyl (C=O) groups is 4. The Morgan fingerprint density at radius 2 is 1.23 bits per heavy atom. The minimum atomic E-state index is -1.27. The summed E-state index contributed by atoms with van der Waals surface area (Å²) in [6, 6.07) is -2.19. The fraction of sp³-hybridized carbons (Fsp3) is 0.871. The van der Waals surface area contributed by atoms with Gasteiger partial charge < -0.3 is 20.9 Å². The lowest BCUT2D eigenvalue weighted by Gasteiger charge is -2.31. The van der Waals surface area contributed by atoms with E-state index in [0.29, 0.717) is 6.54 Å². The molecule has 0 fully saturated rings. The third-order valence-electron chi connectivity index (χ3n) is 7.02. The van der Waals surface area contributed by atoms with Crippen LogP contribution in [0.5, 0.6) is 0 Å². The van der Waals surface area contributed by atoms with E-state index < -0.39 is 41.6 Å². The molecule has 9 heteroatoms. The zero-order chi connectivity index (χ0) is 30.4. The molecule has 234 valence electrons. The number of rotatable bonds is 24. The molecule has 4 N–H and O–H groups in total. The summed E-state index contributed by atoms with van der Waals surface area (Å²) in [6.07, 6.45) is 19.0. The lowest BCUT2D eigenvalue weighted by Crippen LogP contribution is -2.53. The summed E-state index contributed by atoms with van der Waals surface area (Å²) in [5.41, 5.74) is 4.38. The van der Waals surface area contributed by atoms with E-state index in [0.717, 1.165) is 25.7 Å². The number of carboxylic acids is 1. The van der Waals surface area contributed by atoms with Gasteiger partial charge in [-0.05, 0) is 40.5 Å². The molecule has 0 heterocycles. The summed E-state index contributed by atoms with van der Waals surface area (Å²) in [6.45, 7) is 9.41. The molecule has 40 heavy (non-hydrogen) atoms. The highest BCUT2D eigenvalue weighted by atomic mass is 16.6. The number of nitrogens with zero attached hydrogens (tertiary/aromatic N) is 1. The van der Waals surface area contributed by atoms with Crippen molar-refractivity contribution in [3.8, 4) is 0 Å². The average Bonchev–Trinajstić information content (AvgIpc) is 2.86. The first kappa shape index (κ1) is 37.7. The number of hydrogen-bond donors (Lipinski definition) is 3. The topological polar surface area (TPSA) is 139 Å². The van der Waals surface area contributed by atoms with Gasteiger partial charge >= 0.3 is 12.1 Å². The van der Waals surface area contributed by atoms with Crippen molar-refractivity contribution in [2.24, 2.45) is 5.73 Å². The van der Waals surface area contributed by atoms with Gasteiger partial charge in [-0.2, -0.15) is 0 Å². The van der Waals surface area contributed by atoms with Gasteiger partial charge in [0.05, 0.1) is 0 Å². The predicted octanol–water partition coefficient (Wildman–Crippen LogP) is 6.71. The molecule has 0 spiro atoms. The minimum Gasteiger partial charge on any atom is -0.480 e. The van der Waals surface area contributed by atoms with Crippen LogP contribution < -0.4 is 11.1 Å². The minimum absolute atomic E-state index is 0.116. The Balaban J connectivity index is 4.44. The Morgan fingerprint density at radius 1 is 0.800 bits per heavy atom. The van der Waals surface area contributed by atoms with E-state index >= 15 is 0 Å². The van der Waals surface area contributed by atoms with Crippen LogP contribution in [-0.2, 0) is 19.1 Å². The van der Waals surface area contributed by atoms with Gasteiger partial charge in [-0.15, -0.1) is 0 Å². The summed E-state index contributed by atoms with van der Waals surface area (Å²) >= 11 is 0. The maximum atomic E-state index is 12.9. The molecule has 0 aromatic carbocycles. The van der Waals surface area contributed by atoms with Gasteiger partial charge in [0.15, 0.2) is 0 Å². The van der Waals surface area contributed by atoms with E-state index in [4.69, 9.17) is 10.5 Å². The Hall–Kier alpha value is -2.32. The van der Waals surface area contributed by atoms with Gasteiger partial charge in [-0.25, -0.2) is 9.59 Å². The highest BCUT2D eigenvalue weighted by Crippen LogP contribution is 2.16. The highest BCUT2D eigenvalue weighted by molar-refractivity contribution is 5.89. The quantitative estimate of drug-likeness (QED) is 0.110. The van der Waals surface area contributed by atoms with Crippen molar-refractivity contribution < 1.29 is 29.0 Å². The summed E-state index contributed by atoms with van der Waals surface area (Å²) in [5.74, 6) is -2.52. The molecule has 0 saturated carbocycles. The molecule has 0 aliphatic carbocycles. The van der Waals surface area contributed by atoms with Crippen LogP contribution in [0.4, 0.5) is 4.79 Å². The number of carboxylic acid groups (broad SMARTS) is 1. The Kier molecular flexibility index (Phi) is 21.1. The summed E-state index contributed by atoms with van der Waals surface area (Å²) in [5, 5.41) is 11.8. The number of nitrogens with one attached hydrogen (secondary N) is 1. The van der Waals surface area contributed by atoms with E-state index in [-0.39, 0.29) is 12.8 Å². The molecule has 2 atom stereocenters. The van der Waals surface area contributed by atoms with Crippen LogP contribution in [0, 0.1) is 0 Å². The van der Waals surface area contributed by atoms with Crippen LogP contribution in [0.2, 0.25) is 0 Å². The molecule has 0 aromatic rings. The number of primary amides is 1. The smallest absolute Gasteiger partial charge is 0.410 e. The van der Waals surface area contributed by atoms with Gasteiger partial charge in [-0.1, -0.05) is 103 Å². The fourth-order valence-corrected chi connectivity index (χ4v) is 4.57. The fourth-order valence-electron chi connectivity index (χ4n) is 4.57. The number of ether oxygens (including phenoxy) is 1. The number of carbonyl (C=O) groups excluding carboxylic acids is 3. The lowest BCUT2D eigenvalue weighted by molar-refractivity contribution is -0.142. The van der Waals surface area contributed by atoms with E-state index in [1.807, 2.05) is 0 Å².